The highest BCUT2D eigenvalue weighted by molar-refractivity contribution is 9.10. The second kappa shape index (κ2) is 4.87. The molecule has 2 nitrogen and oxygen atoms in total. The fourth-order valence-corrected chi connectivity index (χ4v) is 2.16. The van der Waals surface area contributed by atoms with Gasteiger partial charge in [-0.3, -0.25) is 0 Å². The first kappa shape index (κ1) is 11.5. The van der Waals surface area contributed by atoms with Crippen LogP contribution < -0.4 is 0 Å². The summed E-state index contributed by atoms with van der Waals surface area (Å²) in [6.07, 6.45) is 3.78. The Kier molecular flexibility index (Phi) is 3.49. The molecule has 16 heavy (non-hydrogen) atoms. The summed E-state index contributed by atoms with van der Waals surface area (Å²) < 4.78 is 25.1. The number of hydrogen-bond acceptors (Lipinski definition) is 2. The van der Waals surface area contributed by atoms with Gasteiger partial charge in [-0.2, -0.15) is 0 Å². The molecule has 1 aliphatic heterocycles. The van der Waals surface area contributed by atoms with Crippen molar-refractivity contribution in [3.05, 3.63) is 46.1 Å². The zero-order valence-electron chi connectivity index (χ0n) is 8.87. The zero-order chi connectivity index (χ0) is 11.5. The molecule has 0 spiro atoms. The molecular formula is C12H12BrFO2. The average Bonchev–Trinajstić information content (AvgIpc) is 2.76. The SMILES string of the molecule is CCCc1ccc(Br)c(C2OC=CO2)c1F. The van der Waals surface area contributed by atoms with Crippen LogP contribution in [0.2, 0.25) is 0 Å². The van der Waals surface area contributed by atoms with Crippen LogP contribution in [0.4, 0.5) is 4.39 Å². The van der Waals surface area contributed by atoms with E-state index in [9.17, 15) is 4.39 Å². The van der Waals surface area contributed by atoms with E-state index in [4.69, 9.17) is 9.47 Å². The maximum Gasteiger partial charge on any atom is 0.270 e. The molecular weight excluding hydrogens is 275 g/mol. The van der Waals surface area contributed by atoms with E-state index in [0.717, 1.165) is 6.42 Å². The molecule has 1 aromatic carbocycles. The van der Waals surface area contributed by atoms with Gasteiger partial charge in [0.05, 0.1) is 5.56 Å². The maximum atomic E-state index is 14.2. The van der Waals surface area contributed by atoms with Crippen LogP contribution >= 0.6 is 15.9 Å². The molecule has 2 rings (SSSR count). The van der Waals surface area contributed by atoms with E-state index in [1.165, 1.54) is 12.5 Å². The Balaban J connectivity index is 2.37. The first-order valence-corrected chi connectivity index (χ1v) is 5.96. The van der Waals surface area contributed by atoms with Gasteiger partial charge in [-0.05, 0) is 18.1 Å². The van der Waals surface area contributed by atoms with Crippen LogP contribution in [0.5, 0.6) is 0 Å². The summed E-state index contributed by atoms with van der Waals surface area (Å²) in [5, 5.41) is 0. The Hall–Kier alpha value is -1.03. The number of halogens is 2. The molecule has 0 bridgehead atoms. The van der Waals surface area contributed by atoms with E-state index < -0.39 is 6.29 Å². The van der Waals surface area contributed by atoms with Crippen LogP contribution in [0.25, 0.3) is 0 Å². The van der Waals surface area contributed by atoms with Crippen molar-refractivity contribution >= 4 is 15.9 Å². The van der Waals surface area contributed by atoms with Crippen molar-refractivity contribution in [1.29, 1.82) is 0 Å². The molecule has 0 fully saturated rings. The summed E-state index contributed by atoms with van der Waals surface area (Å²) in [4.78, 5) is 0. The van der Waals surface area contributed by atoms with Crippen molar-refractivity contribution in [3.8, 4) is 0 Å². The fourth-order valence-electron chi connectivity index (χ4n) is 1.67. The molecule has 1 aliphatic rings. The molecule has 86 valence electrons. The van der Waals surface area contributed by atoms with Gasteiger partial charge in [0, 0.05) is 4.47 Å². The Morgan fingerprint density at radius 1 is 1.31 bits per heavy atom. The molecule has 0 N–H and O–H groups in total. The summed E-state index contributed by atoms with van der Waals surface area (Å²) in [5.41, 5.74) is 1.12. The lowest BCUT2D eigenvalue weighted by Crippen LogP contribution is -2.05. The summed E-state index contributed by atoms with van der Waals surface area (Å²) in [7, 11) is 0. The van der Waals surface area contributed by atoms with E-state index in [1.807, 2.05) is 13.0 Å². The van der Waals surface area contributed by atoms with Crippen molar-refractivity contribution in [2.75, 3.05) is 0 Å². The van der Waals surface area contributed by atoms with Crippen molar-refractivity contribution in [1.82, 2.24) is 0 Å². The predicted molar refractivity (Wildman–Crippen MR) is 62.1 cm³/mol. The van der Waals surface area contributed by atoms with Crippen molar-refractivity contribution in [2.45, 2.75) is 26.1 Å². The monoisotopic (exact) mass is 286 g/mol. The first-order chi connectivity index (χ1) is 7.74. The van der Waals surface area contributed by atoms with Crippen LogP contribution in [-0.4, -0.2) is 0 Å². The lowest BCUT2D eigenvalue weighted by molar-refractivity contribution is -0.0278. The summed E-state index contributed by atoms with van der Waals surface area (Å²) in [6.45, 7) is 2.02. The van der Waals surface area contributed by atoms with E-state index in [-0.39, 0.29) is 5.82 Å². The molecule has 1 heterocycles. The fraction of sp³-hybridized carbons (Fsp3) is 0.333. The highest BCUT2D eigenvalue weighted by Gasteiger charge is 2.24. The van der Waals surface area contributed by atoms with E-state index >= 15 is 0 Å². The van der Waals surface area contributed by atoms with Gasteiger partial charge in [0.2, 0.25) is 0 Å². The minimum Gasteiger partial charge on any atom is -0.455 e. The Morgan fingerprint density at radius 3 is 2.62 bits per heavy atom. The number of benzene rings is 1. The average molecular weight is 287 g/mol. The van der Waals surface area contributed by atoms with Crippen molar-refractivity contribution in [3.63, 3.8) is 0 Å². The Bertz CT molecular complexity index is 410. The van der Waals surface area contributed by atoms with Crippen LogP contribution in [0.3, 0.4) is 0 Å². The topological polar surface area (TPSA) is 18.5 Å². The third-order valence-electron chi connectivity index (χ3n) is 2.42. The predicted octanol–water partition coefficient (Wildman–Crippen LogP) is 4.06. The molecule has 0 unspecified atom stereocenters. The third kappa shape index (κ3) is 2.07. The molecule has 1 aromatic rings. The Morgan fingerprint density at radius 2 is 2.00 bits per heavy atom. The maximum absolute atomic E-state index is 14.2. The standard InChI is InChI=1S/C12H12BrFO2/c1-2-3-8-4-5-9(13)10(11(8)14)12-15-6-7-16-12/h4-7,12H,2-3H2,1H3. The van der Waals surface area contributed by atoms with Gasteiger partial charge in [0.15, 0.2) is 0 Å². The molecule has 0 aliphatic carbocycles. The molecule has 0 atom stereocenters. The smallest absolute Gasteiger partial charge is 0.270 e. The lowest BCUT2D eigenvalue weighted by Gasteiger charge is -2.15. The molecule has 0 amide bonds. The van der Waals surface area contributed by atoms with E-state index in [0.29, 0.717) is 22.0 Å². The summed E-state index contributed by atoms with van der Waals surface area (Å²) in [6, 6.07) is 3.61. The second-order valence-electron chi connectivity index (χ2n) is 3.56. The first-order valence-electron chi connectivity index (χ1n) is 5.16. The van der Waals surface area contributed by atoms with Crippen molar-refractivity contribution in [2.24, 2.45) is 0 Å². The van der Waals surface area contributed by atoms with Gasteiger partial charge in [-0.1, -0.05) is 35.3 Å². The normalized spacial score (nSPS) is 14.9. The number of ether oxygens (including phenoxy) is 2. The largest absolute Gasteiger partial charge is 0.455 e. The van der Waals surface area contributed by atoms with Crippen LogP contribution in [0.1, 0.15) is 30.8 Å². The summed E-state index contributed by atoms with van der Waals surface area (Å²) >= 11 is 3.31. The zero-order valence-corrected chi connectivity index (χ0v) is 10.5. The van der Waals surface area contributed by atoms with Gasteiger partial charge >= 0.3 is 0 Å². The van der Waals surface area contributed by atoms with E-state index in [1.54, 1.807) is 6.07 Å². The van der Waals surface area contributed by atoms with Crippen LogP contribution in [0, 0.1) is 5.82 Å². The summed E-state index contributed by atoms with van der Waals surface area (Å²) in [5.74, 6) is -0.245. The van der Waals surface area contributed by atoms with E-state index in [2.05, 4.69) is 15.9 Å². The van der Waals surface area contributed by atoms with Crippen LogP contribution in [0.15, 0.2) is 29.1 Å². The Labute approximate surface area is 102 Å². The lowest BCUT2D eigenvalue weighted by atomic mass is 10.1. The van der Waals surface area contributed by atoms with Gasteiger partial charge in [0.1, 0.15) is 18.3 Å². The molecule has 0 saturated carbocycles. The third-order valence-corrected chi connectivity index (χ3v) is 3.11. The molecule has 0 saturated heterocycles. The number of rotatable bonds is 3. The van der Waals surface area contributed by atoms with Crippen molar-refractivity contribution < 1.29 is 13.9 Å². The number of hydrogen-bond donors (Lipinski definition) is 0. The molecule has 0 radical (unpaired) electrons. The minimum absolute atomic E-state index is 0.245. The highest BCUT2D eigenvalue weighted by Crippen LogP contribution is 2.34. The van der Waals surface area contributed by atoms with Gasteiger partial charge < -0.3 is 9.47 Å². The number of aryl methyl sites for hydroxylation is 1. The van der Waals surface area contributed by atoms with Gasteiger partial charge in [-0.25, -0.2) is 4.39 Å². The van der Waals surface area contributed by atoms with Gasteiger partial charge in [0.25, 0.3) is 6.29 Å². The van der Waals surface area contributed by atoms with Crippen LogP contribution in [-0.2, 0) is 15.9 Å². The van der Waals surface area contributed by atoms with Gasteiger partial charge in [-0.15, -0.1) is 0 Å². The quantitative estimate of drug-likeness (QED) is 0.834. The highest BCUT2D eigenvalue weighted by atomic mass is 79.9. The molecule has 0 aromatic heterocycles. The second-order valence-corrected chi connectivity index (χ2v) is 4.41. The minimum atomic E-state index is -0.675. The molecule has 4 heteroatoms.